The molecule has 1 aliphatic carbocycles. The van der Waals surface area contributed by atoms with Gasteiger partial charge < -0.3 is 19.4 Å². The molecule has 2 aromatic carbocycles. The van der Waals surface area contributed by atoms with Crippen LogP contribution in [0.5, 0.6) is 0 Å². The molecule has 34 heavy (non-hydrogen) atoms. The number of amides is 2. The van der Waals surface area contributed by atoms with Crippen molar-refractivity contribution in [1.82, 2.24) is 10.2 Å². The number of esters is 1. The molecule has 2 aliphatic rings. The summed E-state index contributed by atoms with van der Waals surface area (Å²) in [5.41, 5.74) is 4.31. The van der Waals surface area contributed by atoms with E-state index in [4.69, 9.17) is 9.15 Å². The summed E-state index contributed by atoms with van der Waals surface area (Å²) in [6.45, 7) is -0.126. The molecule has 174 valence electrons. The molecule has 0 bridgehead atoms. The fourth-order valence-electron chi connectivity index (χ4n) is 4.86. The molecule has 2 atom stereocenters. The lowest BCUT2D eigenvalue weighted by atomic mass is 9.88. The number of hydrogen-bond donors (Lipinski definition) is 1. The Morgan fingerprint density at radius 1 is 0.971 bits per heavy atom. The van der Waals surface area contributed by atoms with Gasteiger partial charge in [-0.15, -0.1) is 0 Å². The second kappa shape index (κ2) is 9.55. The van der Waals surface area contributed by atoms with Gasteiger partial charge in [-0.3, -0.25) is 9.59 Å². The van der Waals surface area contributed by atoms with Gasteiger partial charge in [0, 0.05) is 13.0 Å². The molecule has 0 saturated heterocycles. The first-order chi connectivity index (χ1) is 16.6. The average molecular weight is 459 g/mol. The van der Waals surface area contributed by atoms with E-state index in [-0.39, 0.29) is 30.2 Å². The number of carbonyl (C=O) groups excluding carboxylic acids is 3. The topological polar surface area (TPSA) is 88.9 Å². The molecule has 2 amide bonds. The molecule has 1 aliphatic heterocycles. The molecule has 1 unspecified atom stereocenters. The van der Waals surface area contributed by atoms with Crippen LogP contribution in [0, 0.1) is 0 Å². The summed E-state index contributed by atoms with van der Waals surface area (Å²) in [6.07, 6.45) is 4.58. The highest BCUT2D eigenvalue weighted by atomic mass is 16.5. The Balaban J connectivity index is 1.26. The van der Waals surface area contributed by atoms with Gasteiger partial charge in [0.15, 0.2) is 12.4 Å². The van der Waals surface area contributed by atoms with Crippen LogP contribution in [0.3, 0.4) is 0 Å². The monoisotopic (exact) mass is 458 g/mol. The summed E-state index contributed by atoms with van der Waals surface area (Å²) in [4.78, 5) is 40.2. The van der Waals surface area contributed by atoms with Gasteiger partial charge in [0.1, 0.15) is 6.04 Å². The van der Waals surface area contributed by atoms with Crippen LogP contribution in [0.4, 0.5) is 0 Å². The number of ether oxygens (including phenoxy) is 1. The molecule has 7 heteroatoms. The first kappa shape index (κ1) is 21.9. The number of nitrogens with one attached hydrogen (secondary N) is 1. The zero-order chi connectivity index (χ0) is 23.5. The summed E-state index contributed by atoms with van der Waals surface area (Å²) in [6, 6.07) is 18.0. The van der Waals surface area contributed by atoms with Crippen molar-refractivity contribution in [2.45, 2.75) is 44.3 Å². The predicted molar refractivity (Wildman–Crippen MR) is 124 cm³/mol. The first-order valence-corrected chi connectivity index (χ1v) is 11.5. The average Bonchev–Trinajstić information content (AvgIpc) is 3.41. The Labute approximate surface area is 197 Å². The van der Waals surface area contributed by atoms with Gasteiger partial charge in [-0.05, 0) is 53.6 Å². The highest BCUT2D eigenvalue weighted by Crippen LogP contribution is 2.29. The van der Waals surface area contributed by atoms with Crippen molar-refractivity contribution >= 4 is 17.8 Å². The van der Waals surface area contributed by atoms with E-state index in [0.717, 1.165) is 36.0 Å². The summed E-state index contributed by atoms with van der Waals surface area (Å²) < 4.78 is 10.7. The maximum absolute atomic E-state index is 13.1. The zero-order valence-electron chi connectivity index (χ0n) is 18.7. The maximum Gasteiger partial charge on any atom is 0.329 e. The lowest BCUT2D eigenvalue weighted by Crippen LogP contribution is -2.49. The molecule has 3 aromatic rings. The van der Waals surface area contributed by atoms with Gasteiger partial charge in [-0.2, -0.15) is 0 Å². The Bertz CT molecular complexity index is 1200. The van der Waals surface area contributed by atoms with Gasteiger partial charge in [-0.25, -0.2) is 4.79 Å². The van der Waals surface area contributed by atoms with Crippen LogP contribution in [0.1, 0.15) is 51.7 Å². The Morgan fingerprint density at radius 3 is 2.53 bits per heavy atom. The van der Waals surface area contributed by atoms with Crippen LogP contribution in [0.25, 0.3) is 0 Å². The molecule has 0 spiro atoms. The highest BCUT2D eigenvalue weighted by molar-refractivity contribution is 5.95. The molecule has 2 heterocycles. The second-order valence-corrected chi connectivity index (χ2v) is 8.72. The number of fused-ring (bicyclic) bond motifs is 2. The van der Waals surface area contributed by atoms with E-state index in [1.165, 1.54) is 16.7 Å². The largest absolute Gasteiger partial charge is 0.459 e. The first-order valence-electron chi connectivity index (χ1n) is 11.5. The molecule has 1 N–H and O–H groups in total. The maximum atomic E-state index is 13.1. The van der Waals surface area contributed by atoms with Crippen molar-refractivity contribution in [1.29, 1.82) is 0 Å². The summed E-state index contributed by atoms with van der Waals surface area (Å²) in [5.74, 6) is -1.18. The number of furan rings is 1. The number of benzene rings is 2. The number of aryl methyl sites for hydroxylation is 1. The quantitative estimate of drug-likeness (QED) is 0.591. The molecule has 0 fully saturated rings. The Kier molecular flexibility index (Phi) is 6.16. The van der Waals surface area contributed by atoms with Crippen molar-refractivity contribution in [3.8, 4) is 0 Å². The van der Waals surface area contributed by atoms with Crippen LogP contribution in [0.2, 0.25) is 0 Å². The minimum Gasteiger partial charge on any atom is -0.459 e. The summed E-state index contributed by atoms with van der Waals surface area (Å²) >= 11 is 0. The molecule has 7 nitrogen and oxygen atoms in total. The van der Waals surface area contributed by atoms with Crippen molar-refractivity contribution in [3.63, 3.8) is 0 Å². The smallest absolute Gasteiger partial charge is 0.329 e. The number of carbonyl (C=O) groups is 3. The Hall–Kier alpha value is -3.87. The summed E-state index contributed by atoms with van der Waals surface area (Å²) in [7, 11) is 0. The minimum absolute atomic E-state index is 0.0882. The van der Waals surface area contributed by atoms with Crippen LogP contribution in [-0.2, 0) is 33.7 Å². The summed E-state index contributed by atoms with van der Waals surface area (Å²) in [5, 5.41) is 2.99. The van der Waals surface area contributed by atoms with E-state index < -0.39 is 18.6 Å². The van der Waals surface area contributed by atoms with Gasteiger partial charge in [0.05, 0.1) is 12.3 Å². The number of rotatable bonds is 5. The standard InChI is InChI=1S/C27H26N2O5/c30-25(28-22-12-5-10-18-7-3-4-11-21(18)22)17-34-27(32)23-15-19-8-1-2-9-20(19)16-29(23)26(31)24-13-6-14-33-24/h1-4,6-9,11,13-14,22-23H,5,10,12,15-17H2,(H,28,30)/t22?,23-/m0/s1. The van der Waals surface area contributed by atoms with Crippen molar-refractivity contribution < 1.29 is 23.5 Å². The molecular weight excluding hydrogens is 432 g/mol. The minimum atomic E-state index is -0.837. The predicted octanol–water partition coefficient (Wildman–Crippen LogP) is 3.58. The SMILES string of the molecule is O=C(COC(=O)[C@@H]1Cc2ccccc2CN1C(=O)c1ccco1)NC1CCCc2ccccc21. The van der Waals surface area contributed by atoms with Gasteiger partial charge in [0.25, 0.3) is 11.8 Å². The molecule has 0 radical (unpaired) electrons. The normalized spacial score (nSPS) is 19.0. The molecule has 5 rings (SSSR count). The third-order valence-corrected chi connectivity index (χ3v) is 6.56. The van der Waals surface area contributed by atoms with Crippen LogP contribution in [-0.4, -0.2) is 35.3 Å². The van der Waals surface area contributed by atoms with E-state index in [1.807, 2.05) is 42.5 Å². The van der Waals surface area contributed by atoms with Gasteiger partial charge in [-0.1, -0.05) is 48.5 Å². The van der Waals surface area contributed by atoms with Crippen LogP contribution < -0.4 is 5.32 Å². The lowest BCUT2D eigenvalue weighted by Gasteiger charge is -2.34. The number of nitrogens with zero attached hydrogens (tertiary/aromatic N) is 1. The van der Waals surface area contributed by atoms with Gasteiger partial charge >= 0.3 is 5.97 Å². The third kappa shape index (κ3) is 4.46. The van der Waals surface area contributed by atoms with E-state index in [1.54, 1.807) is 12.1 Å². The molecule has 0 saturated carbocycles. The zero-order valence-corrected chi connectivity index (χ0v) is 18.7. The lowest BCUT2D eigenvalue weighted by molar-refractivity contribution is -0.153. The van der Waals surface area contributed by atoms with E-state index in [0.29, 0.717) is 6.42 Å². The van der Waals surface area contributed by atoms with Crippen molar-refractivity contribution in [2.75, 3.05) is 6.61 Å². The fraction of sp³-hybridized carbons (Fsp3) is 0.296. The fourth-order valence-corrected chi connectivity index (χ4v) is 4.86. The van der Waals surface area contributed by atoms with Gasteiger partial charge in [0.2, 0.25) is 0 Å². The molecular formula is C27H26N2O5. The third-order valence-electron chi connectivity index (χ3n) is 6.56. The molecule has 1 aromatic heterocycles. The van der Waals surface area contributed by atoms with E-state index in [9.17, 15) is 14.4 Å². The van der Waals surface area contributed by atoms with Crippen molar-refractivity contribution in [3.05, 3.63) is 94.9 Å². The van der Waals surface area contributed by atoms with Crippen molar-refractivity contribution in [2.24, 2.45) is 0 Å². The van der Waals surface area contributed by atoms with Crippen LogP contribution >= 0.6 is 0 Å². The second-order valence-electron chi connectivity index (χ2n) is 8.72. The van der Waals surface area contributed by atoms with E-state index in [2.05, 4.69) is 11.4 Å². The highest BCUT2D eigenvalue weighted by Gasteiger charge is 2.37. The van der Waals surface area contributed by atoms with Crippen LogP contribution in [0.15, 0.2) is 71.3 Å². The Morgan fingerprint density at radius 2 is 1.74 bits per heavy atom. The number of hydrogen-bond acceptors (Lipinski definition) is 5. The van der Waals surface area contributed by atoms with E-state index >= 15 is 0 Å².